The first kappa shape index (κ1) is 35.4. The number of imide groups is 1. The number of amides is 4. The summed E-state index contributed by atoms with van der Waals surface area (Å²) in [6.07, 6.45) is 0. The van der Waals surface area contributed by atoms with Gasteiger partial charge in [0, 0.05) is 26.8 Å². The van der Waals surface area contributed by atoms with Crippen LogP contribution < -0.4 is 21.7 Å². The predicted molar refractivity (Wildman–Crippen MR) is 209 cm³/mol. The molecule has 218 valence electrons. The molecule has 1 saturated heterocycles. The molecule has 2 aliphatic heterocycles. The van der Waals surface area contributed by atoms with E-state index < -0.39 is 49.8 Å². The Morgan fingerprint density at radius 3 is 1.87 bits per heavy atom. The SMILES string of the molecule is Bc1c(B)c(C(B)(B)NC(=O)C(F)(F)c2ccc(Cl)cc2)c(B)c2c1C(=O)N(C1(B)C(=O)N(B)C(=O)C(B)(B)C1(B)B)C2(B)B. The highest BCUT2D eigenvalue weighted by Gasteiger charge is 2.68. The first-order valence-electron chi connectivity index (χ1n) is 15.0. The van der Waals surface area contributed by atoms with Crippen LogP contribution in [0.3, 0.4) is 0 Å². The number of hydrogen-bond donors (Lipinski definition) is 1. The predicted octanol–water partition coefficient (Wildman–Crippen LogP) is -12.8. The summed E-state index contributed by atoms with van der Waals surface area (Å²) in [5, 5.41) is -1.49. The molecule has 0 spiro atoms. The first-order chi connectivity index (χ1) is 20.2. The van der Waals surface area contributed by atoms with Gasteiger partial charge in [0.25, 0.3) is 11.8 Å². The smallest absolute Gasteiger partial charge is 0.349 e. The molecule has 2 aromatic carbocycles. The summed E-state index contributed by atoms with van der Waals surface area (Å²) in [6, 6.07) is 4.85. The third-order valence-electron chi connectivity index (χ3n) is 11.2. The van der Waals surface area contributed by atoms with Crippen LogP contribution in [0.1, 0.15) is 27.0 Å². The molecule has 23 heteroatoms. The molecule has 1 N–H and O–H groups in total. The number of rotatable bonds is 5. The Balaban J connectivity index is 1.89. The molecule has 0 aliphatic carbocycles. The Morgan fingerprint density at radius 2 is 1.36 bits per heavy atom. The molecule has 2 aliphatic rings. The van der Waals surface area contributed by atoms with Crippen molar-refractivity contribution < 1.29 is 28.0 Å². The van der Waals surface area contributed by atoms with Gasteiger partial charge in [0.15, 0.2) is 0 Å². The minimum Gasteiger partial charge on any atom is -0.357 e. The lowest BCUT2D eigenvalue weighted by Gasteiger charge is -2.64. The maximum atomic E-state index is 15.4. The van der Waals surface area contributed by atoms with Crippen molar-refractivity contribution in [3.8, 4) is 0 Å². The Hall–Kier alpha value is -2.49. The van der Waals surface area contributed by atoms with Crippen molar-refractivity contribution in [1.82, 2.24) is 15.0 Å². The Bertz CT molecular complexity index is 1690. The number of fused-ring (bicyclic) bond motifs is 1. The largest absolute Gasteiger partial charge is 0.357 e. The van der Waals surface area contributed by atoms with Gasteiger partial charge in [0.2, 0.25) is 19.8 Å². The second kappa shape index (κ2) is 10.5. The van der Waals surface area contributed by atoms with Crippen LogP contribution in [-0.2, 0) is 31.0 Å². The van der Waals surface area contributed by atoms with Crippen molar-refractivity contribution in [1.29, 1.82) is 0 Å². The van der Waals surface area contributed by atoms with Gasteiger partial charge in [-0.25, -0.2) is 0 Å². The lowest BCUT2D eigenvalue weighted by atomic mass is 9.20. The van der Waals surface area contributed by atoms with Gasteiger partial charge in [-0.05, 0) is 22.9 Å². The molecule has 0 aromatic heterocycles. The highest BCUT2D eigenvalue weighted by Crippen LogP contribution is 2.58. The second-order valence-electron chi connectivity index (χ2n) is 14.9. The monoisotopic (exact) mass is 617 g/mol. The number of nitrogens with zero attached hydrogens (tertiary/aromatic N) is 2. The van der Waals surface area contributed by atoms with E-state index in [0.717, 1.165) is 16.9 Å². The molecule has 1 unspecified atom stereocenters. The second-order valence-corrected chi connectivity index (χ2v) is 15.3. The number of nitrogens with one attached hydrogen (secondary N) is 1. The molecule has 2 heterocycles. The van der Waals surface area contributed by atoms with E-state index in [-0.39, 0.29) is 16.8 Å². The van der Waals surface area contributed by atoms with E-state index in [0.29, 0.717) is 33.1 Å². The number of benzene rings is 2. The summed E-state index contributed by atoms with van der Waals surface area (Å²) >= 11 is 5.87. The van der Waals surface area contributed by atoms with E-state index in [1.165, 1.54) is 20.1 Å². The number of piperidine rings is 1. The summed E-state index contributed by atoms with van der Waals surface area (Å²) in [6.45, 7) is 0. The highest BCUT2D eigenvalue weighted by molar-refractivity contribution is 6.68. The highest BCUT2D eigenvalue weighted by atomic mass is 35.5. The van der Waals surface area contributed by atoms with E-state index >= 15 is 8.78 Å². The Morgan fingerprint density at radius 1 is 0.844 bits per heavy atom. The van der Waals surface area contributed by atoms with E-state index in [4.69, 9.17) is 11.6 Å². The first-order valence-corrected chi connectivity index (χ1v) is 15.4. The van der Waals surface area contributed by atoms with Crippen LogP contribution in [0.2, 0.25) is 15.5 Å². The zero-order valence-corrected chi connectivity index (χ0v) is 29.2. The van der Waals surface area contributed by atoms with Gasteiger partial charge < -0.3 is 15.0 Å². The molecule has 45 heavy (non-hydrogen) atoms. The third kappa shape index (κ3) is 4.61. The normalized spacial score (nSPS) is 22.2. The van der Waals surface area contributed by atoms with Crippen LogP contribution in [0.5, 0.6) is 0 Å². The topological polar surface area (TPSA) is 86.8 Å². The molecular weight excluding hydrogens is 584 g/mol. The van der Waals surface area contributed by atoms with Gasteiger partial charge in [0.05, 0.1) is 5.44 Å². The van der Waals surface area contributed by atoms with Crippen LogP contribution in [0.25, 0.3) is 0 Å². The fourth-order valence-electron chi connectivity index (χ4n) is 7.94. The summed E-state index contributed by atoms with van der Waals surface area (Å²) in [4.78, 5) is 58.0. The number of carbonyl (C=O) groups excluding carboxylic acids is 4. The van der Waals surface area contributed by atoms with Crippen molar-refractivity contribution in [2.24, 2.45) is 0 Å². The van der Waals surface area contributed by atoms with Crippen molar-refractivity contribution in [3.63, 3.8) is 0 Å². The summed E-state index contributed by atoms with van der Waals surface area (Å²) in [5.41, 5.74) is 1.73. The van der Waals surface area contributed by atoms with Gasteiger partial charge in [-0.15, -0.1) is 0 Å². The summed E-state index contributed by atoms with van der Waals surface area (Å²) in [7, 11) is 22.9. The van der Waals surface area contributed by atoms with Crippen LogP contribution >= 0.6 is 11.6 Å². The summed E-state index contributed by atoms with van der Waals surface area (Å²) < 4.78 is 30.7. The Kier molecular flexibility index (Phi) is 8.26. The zero-order chi connectivity index (χ0) is 34.6. The summed E-state index contributed by atoms with van der Waals surface area (Å²) in [5.74, 6) is -6.45. The number of hydrogen-bond acceptors (Lipinski definition) is 4. The molecule has 0 saturated carbocycles. The average Bonchev–Trinajstić information content (AvgIpc) is 3.14. The van der Waals surface area contributed by atoms with Crippen LogP contribution in [-0.4, -0.2) is 141 Å². The third-order valence-corrected chi connectivity index (χ3v) is 11.5. The molecular formula is C22H31B13ClF2N3O4. The maximum Gasteiger partial charge on any atom is 0.349 e. The van der Waals surface area contributed by atoms with Gasteiger partial charge in [0.1, 0.15) is 94.2 Å². The van der Waals surface area contributed by atoms with Crippen LogP contribution in [0.4, 0.5) is 8.78 Å². The van der Waals surface area contributed by atoms with Gasteiger partial charge >= 0.3 is 5.92 Å². The maximum absolute atomic E-state index is 15.4. The van der Waals surface area contributed by atoms with E-state index in [1.807, 2.05) is 39.2 Å². The molecule has 2 aromatic rings. The van der Waals surface area contributed by atoms with Crippen LogP contribution in [0, 0.1) is 0 Å². The number of carbonyl (C=O) groups is 4. The molecule has 0 radical (unpaired) electrons. The van der Waals surface area contributed by atoms with Crippen molar-refractivity contribution >= 4 is 154 Å². The lowest BCUT2D eigenvalue weighted by molar-refractivity contribution is -0.150. The van der Waals surface area contributed by atoms with Crippen molar-refractivity contribution in [2.75, 3.05) is 0 Å². The van der Waals surface area contributed by atoms with Gasteiger partial charge in [-0.2, -0.15) is 8.78 Å². The Labute approximate surface area is 279 Å². The standard InChI is InChI=1S/C22H31B13ClF2N3O4/c23-10-7-8(21(31,32)41(13(7)42)19(28)16(45)40(35)15(44)18(26,27)22(19,33)34)11(24)9(12(10)25)20(29,30)39-14(43)17(37,38)5-1-3-6(36)4-2-5/h1-4H,23-35H2,(H,39,43). The lowest BCUT2D eigenvalue weighted by Crippen LogP contribution is -2.78. The molecule has 7 nitrogen and oxygen atoms in total. The van der Waals surface area contributed by atoms with Gasteiger partial charge in [-0.1, -0.05) is 50.9 Å². The van der Waals surface area contributed by atoms with Gasteiger partial charge in [-0.3, -0.25) is 19.2 Å². The number of alkyl halides is 2. The van der Waals surface area contributed by atoms with E-state index in [9.17, 15) is 19.2 Å². The minimum absolute atomic E-state index is 0.273. The fourth-order valence-corrected chi connectivity index (χ4v) is 8.06. The molecule has 4 rings (SSSR count). The van der Waals surface area contributed by atoms with Crippen molar-refractivity contribution in [2.45, 2.75) is 32.5 Å². The fraction of sp³-hybridized carbons (Fsp3) is 0.273. The van der Waals surface area contributed by atoms with Crippen LogP contribution in [0.15, 0.2) is 24.3 Å². The van der Waals surface area contributed by atoms with E-state index in [2.05, 4.69) is 5.32 Å². The average molecular weight is 616 g/mol. The molecule has 1 fully saturated rings. The molecule has 1 atom stereocenters. The molecule has 4 amide bonds. The molecule has 0 bridgehead atoms. The quantitative estimate of drug-likeness (QED) is 0.268. The minimum atomic E-state index is -3.83. The van der Waals surface area contributed by atoms with E-state index in [1.54, 1.807) is 59.8 Å². The zero-order valence-electron chi connectivity index (χ0n) is 28.5. The number of halogens is 3. The van der Waals surface area contributed by atoms with Crippen molar-refractivity contribution in [3.05, 3.63) is 51.5 Å².